The molecule has 0 aliphatic heterocycles. The molecule has 0 saturated carbocycles. The maximum Gasteiger partial charge on any atom is 0.326 e. The highest BCUT2D eigenvalue weighted by Gasteiger charge is 2.16. The van der Waals surface area contributed by atoms with Crippen molar-refractivity contribution >= 4 is 23.6 Å². The number of rotatable bonds is 5. The highest BCUT2D eigenvalue weighted by molar-refractivity contribution is 7.98. The van der Waals surface area contributed by atoms with E-state index < -0.39 is 12.0 Å². The van der Waals surface area contributed by atoms with Crippen LogP contribution in [0.15, 0.2) is 0 Å². The predicted octanol–water partition coefficient (Wildman–Crippen LogP) is 0.329. The topological polar surface area (TPSA) is 66.4 Å². The van der Waals surface area contributed by atoms with E-state index in [-0.39, 0.29) is 5.91 Å². The molecule has 5 heteroatoms. The number of hydrogen-bond acceptors (Lipinski definition) is 3. The zero-order chi connectivity index (χ0) is 9.56. The van der Waals surface area contributed by atoms with Gasteiger partial charge in [0.2, 0.25) is 5.91 Å². The fourth-order valence-corrected chi connectivity index (χ4v) is 1.21. The monoisotopic (exact) mass is 191 g/mol. The number of amides is 1. The molecule has 2 N–H and O–H groups in total. The number of hydrogen-bond donors (Lipinski definition) is 2. The van der Waals surface area contributed by atoms with E-state index in [0.29, 0.717) is 6.42 Å². The maximum absolute atomic E-state index is 10.5. The van der Waals surface area contributed by atoms with Gasteiger partial charge in [0.25, 0.3) is 0 Å². The third-order valence-electron chi connectivity index (χ3n) is 1.29. The minimum absolute atomic E-state index is 0.302. The van der Waals surface area contributed by atoms with Crippen LogP contribution in [0.2, 0.25) is 0 Å². The van der Waals surface area contributed by atoms with Gasteiger partial charge in [-0.15, -0.1) is 0 Å². The van der Waals surface area contributed by atoms with Gasteiger partial charge in [0.1, 0.15) is 6.04 Å². The highest BCUT2D eigenvalue weighted by Crippen LogP contribution is 2.00. The first-order chi connectivity index (χ1) is 5.57. The Hall–Kier alpha value is -0.710. The summed E-state index contributed by atoms with van der Waals surface area (Å²) in [6.45, 7) is 1.31. The summed E-state index contributed by atoms with van der Waals surface area (Å²) in [6, 6.07) is -0.741. The molecular formula is C7H13NO3S. The number of carbonyl (C=O) groups is 2. The summed E-state index contributed by atoms with van der Waals surface area (Å²) in [6.07, 6.45) is 2.36. The fourth-order valence-electron chi connectivity index (χ4n) is 0.738. The number of nitrogens with one attached hydrogen (secondary N) is 1. The van der Waals surface area contributed by atoms with E-state index in [0.717, 1.165) is 5.75 Å². The molecule has 0 unspecified atom stereocenters. The van der Waals surface area contributed by atoms with Gasteiger partial charge in [-0.1, -0.05) is 0 Å². The van der Waals surface area contributed by atoms with Crippen LogP contribution in [-0.2, 0) is 9.59 Å². The first kappa shape index (κ1) is 11.3. The molecule has 70 valence electrons. The normalized spacial score (nSPS) is 12.2. The quantitative estimate of drug-likeness (QED) is 0.657. The third kappa shape index (κ3) is 5.01. The van der Waals surface area contributed by atoms with E-state index in [9.17, 15) is 9.59 Å². The van der Waals surface area contributed by atoms with E-state index in [1.807, 2.05) is 6.26 Å². The first-order valence-electron chi connectivity index (χ1n) is 3.56. The number of thioether (sulfide) groups is 1. The van der Waals surface area contributed by atoms with E-state index in [2.05, 4.69) is 5.32 Å². The van der Waals surface area contributed by atoms with Crippen LogP contribution in [0.4, 0.5) is 0 Å². The molecule has 0 aromatic carbocycles. The van der Waals surface area contributed by atoms with Gasteiger partial charge in [-0.05, 0) is 18.4 Å². The van der Waals surface area contributed by atoms with Crippen molar-refractivity contribution in [2.24, 2.45) is 0 Å². The largest absolute Gasteiger partial charge is 0.480 e. The molecule has 1 atom stereocenters. The van der Waals surface area contributed by atoms with Crippen LogP contribution < -0.4 is 5.32 Å². The average Bonchev–Trinajstić information content (AvgIpc) is 1.96. The van der Waals surface area contributed by atoms with Gasteiger partial charge in [-0.25, -0.2) is 4.79 Å². The van der Waals surface area contributed by atoms with Crippen molar-refractivity contribution in [3.8, 4) is 0 Å². The third-order valence-corrected chi connectivity index (χ3v) is 1.93. The van der Waals surface area contributed by atoms with Crippen molar-refractivity contribution < 1.29 is 14.7 Å². The summed E-state index contributed by atoms with van der Waals surface area (Å²) in [5.74, 6) is -0.542. The molecule has 0 radical (unpaired) electrons. The molecule has 0 aliphatic rings. The number of carboxylic acid groups (broad SMARTS) is 1. The zero-order valence-corrected chi connectivity index (χ0v) is 7.98. The lowest BCUT2D eigenvalue weighted by Gasteiger charge is -2.11. The summed E-state index contributed by atoms with van der Waals surface area (Å²) < 4.78 is 0. The Kier molecular flexibility index (Phi) is 5.53. The molecule has 0 aromatic heterocycles. The van der Waals surface area contributed by atoms with Gasteiger partial charge < -0.3 is 10.4 Å². The van der Waals surface area contributed by atoms with E-state index in [1.165, 1.54) is 6.92 Å². The van der Waals surface area contributed by atoms with Gasteiger partial charge in [0, 0.05) is 6.92 Å². The van der Waals surface area contributed by atoms with E-state index in [1.54, 1.807) is 11.8 Å². The SMILES string of the molecule is CSCC[C@@H](NC(C)=O)C(=O)O. The lowest BCUT2D eigenvalue weighted by atomic mass is 10.2. The summed E-state index contributed by atoms with van der Waals surface area (Å²) in [5.41, 5.74) is 0. The van der Waals surface area contributed by atoms with Gasteiger partial charge in [0.05, 0.1) is 0 Å². The number of carboxylic acids is 1. The van der Waals surface area contributed by atoms with Crippen LogP contribution in [0, 0.1) is 0 Å². The molecule has 0 aliphatic carbocycles. The van der Waals surface area contributed by atoms with Crippen LogP contribution in [0.5, 0.6) is 0 Å². The van der Waals surface area contributed by atoms with Gasteiger partial charge in [0.15, 0.2) is 0 Å². The van der Waals surface area contributed by atoms with Crippen LogP contribution in [-0.4, -0.2) is 35.0 Å². The minimum Gasteiger partial charge on any atom is -0.480 e. The molecule has 4 nitrogen and oxygen atoms in total. The van der Waals surface area contributed by atoms with Crippen molar-refractivity contribution in [1.29, 1.82) is 0 Å². The summed E-state index contributed by atoms with van der Waals surface area (Å²) >= 11 is 1.56. The van der Waals surface area contributed by atoms with Crippen LogP contribution in [0.1, 0.15) is 13.3 Å². The summed E-state index contributed by atoms with van der Waals surface area (Å²) in [7, 11) is 0. The summed E-state index contributed by atoms with van der Waals surface area (Å²) in [4.78, 5) is 21.1. The second kappa shape index (κ2) is 5.88. The first-order valence-corrected chi connectivity index (χ1v) is 4.96. The highest BCUT2D eigenvalue weighted by atomic mass is 32.2. The Bertz CT molecular complexity index is 172. The zero-order valence-electron chi connectivity index (χ0n) is 7.16. The standard InChI is InChI=1S/C7H13NO3S/c1-5(9)8-6(7(10)11)3-4-12-2/h6H,3-4H2,1-2H3,(H,8,9)(H,10,11)/t6-/m1/s1. The number of aliphatic carboxylic acids is 1. The molecule has 1 amide bonds. The molecular weight excluding hydrogens is 178 g/mol. The molecule has 0 fully saturated rings. The van der Waals surface area contributed by atoms with Gasteiger partial charge in [-0.3, -0.25) is 4.79 Å². The molecule has 0 bridgehead atoms. The Morgan fingerprint density at radius 1 is 1.58 bits per heavy atom. The molecule has 0 aromatic rings. The van der Waals surface area contributed by atoms with E-state index in [4.69, 9.17) is 5.11 Å². The Morgan fingerprint density at radius 2 is 2.17 bits per heavy atom. The van der Waals surface area contributed by atoms with Crippen LogP contribution in [0.25, 0.3) is 0 Å². The van der Waals surface area contributed by atoms with Gasteiger partial charge in [-0.2, -0.15) is 11.8 Å². The van der Waals surface area contributed by atoms with Crippen molar-refractivity contribution in [2.75, 3.05) is 12.0 Å². The Balaban J connectivity index is 3.87. The fraction of sp³-hybridized carbons (Fsp3) is 0.714. The van der Waals surface area contributed by atoms with Crippen LogP contribution >= 0.6 is 11.8 Å². The lowest BCUT2D eigenvalue weighted by Crippen LogP contribution is -2.39. The Morgan fingerprint density at radius 3 is 2.50 bits per heavy atom. The van der Waals surface area contributed by atoms with Crippen molar-refractivity contribution in [2.45, 2.75) is 19.4 Å². The maximum atomic E-state index is 10.5. The molecule has 12 heavy (non-hydrogen) atoms. The molecule has 0 spiro atoms. The van der Waals surface area contributed by atoms with Crippen molar-refractivity contribution in [1.82, 2.24) is 5.32 Å². The number of carbonyl (C=O) groups excluding carboxylic acids is 1. The van der Waals surface area contributed by atoms with Crippen molar-refractivity contribution in [3.05, 3.63) is 0 Å². The second-order valence-corrected chi connectivity index (χ2v) is 3.36. The molecule has 0 saturated heterocycles. The summed E-state index contributed by atoms with van der Waals surface area (Å²) in [5, 5.41) is 11.0. The van der Waals surface area contributed by atoms with Gasteiger partial charge >= 0.3 is 5.97 Å². The molecule has 0 heterocycles. The second-order valence-electron chi connectivity index (χ2n) is 2.37. The molecule has 0 rings (SSSR count). The smallest absolute Gasteiger partial charge is 0.326 e. The van der Waals surface area contributed by atoms with Crippen LogP contribution in [0.3, 0.4) is 0 Å². The van der Waals surface area contributed by atoms with Crippen molar-refractivity contribution in [3.63, 3.8) is 0 Å². The lowest BCUT2D eigenvalue weighted by molar-refractivity contribution is -0.141. The minimum atomic E-state index is -0.973. The van der Waals surface area contributed by atoms with E-state index >= 15 is 0 Å². The Labute approximate surface area is 75.7 Å². The average molecular weight is 191 g/mol. The predicted molar refractivity (Wildman–Crippen MR) is 48.2 cm³/mol.